The van der Waals surface area contributed by atoms with E-state index in [0.29, 0.717) is 18.0 Å². The Hall–Kier alpha value is -0.360. The van der Waals surface area contributed by atoms with Crippen LogP contribution in [0.3, 0.4) is 0 Å². The van der Waals surface area contributed by atoms with E-state index in [1.165, 1.54) is 0 Å². The van der Waals surface area contributed by atoms with Crippen LogP contribution in [-0.2, 0) is 0 Å². The van der Waals surface area contributed by atoms with Crippen molar-refractivity contribution in [2.45, 2.75) is 38.3 Å². The Balaban J connectivity index is 0. The number of nitrogens with zero attached hydrogens (tertiary/aromatic N) is 3. The number of nitrogens with one attached hydrogen (secondary N) is 1. The van der Waals surface area contributed by atoms with Crippen LogP contribution in [0.4, 0.5) is 5.95 Å². The Labute approximate surface area is 120 Å². The van der Waals surface area contributed by atoms with Crippen LogP contribution >= 0.6 is 37.2 Å². The molecule has 1 aromatic heterocycles. The maximum absolute atomic E-state index is 5.81. The number of anilines is 1. The van der Waals surface area contributed by atoms with E-state index in [1.807, 2.05) is 6.92 Å². The molecule has 1 heterocycles. The van der Waals surface area contributed by atoms with Crippen molar-refractivity contribution in [3.8, 4) is 0 Å². The second kappa shape index (κ2) is 8.69. The Morgan fingerprint density at radius 2 is 1.94 bits per heavy atom. The van der Waals surface area contributed by atoms with Gasteiger partial charge in [0.25, 0.3) is 0 Å². The smallest absolute Gasteiger partial charge is 0.242 e. The summed E-state index contributed by atoms with van der Waals surface area (Å²) in [6.07, 6.45) is 4.89. The summed E-state index contributed by atoms with van der Waals surface area (Å²) in [5.41, 5.74) is 6.64. The third kappa shape index (κ3) is 5.68. The highest BCUT2D eigenvalue weighted by molar-refractivity contribution is 5.86. The molecule has 0 aromatic carbocycles. The van der Waals surface area contributed by atoms with Crippen LogP contribution in [0.25, 0.3) is 0 Å². The molecule has 3 N–H and O–H groups in total. The van der Waals surface area contributed by atoms with Gasteiger partial charge in [0.2, 0.25) is 5.95 Å². The average Bonchev–Trinajstić information content (AvgIpc) is 2.56. The topological polar surface area (TPSA) is 76.7 Å². The predicted molar refractivity (Wildman–Crippen MR) is 75.5 cm³/mol. The number of nitrogens with two attached hydrogens (primary N) is 1. The molecule has 0 bridgehead atoms. The van der Waals surface area contributed by atoms with Crippen LogP contribution in [0.2, 0.25) is 0 Å². The fourth-order valence-electron chi connectivity index (χ4n) is 1.73. The zero-order valence-electron chi connectivity index (χ0n) is 9.50. The lowest BCUT2D eigenvalue weighted by Crippen LogP contribution is -2.21. The van der Waals surface area contributed by atoms with Crippen molar-refractivity contribution < 1.29 is 0 Å². The third-order valence-corrected chi connectivity index (χ3v) is 2.48. The number of rotatable bonds is 2. The molecule has 0 spiro atoms. The van der Waals surface area contributed by atoms with Crippen LogP contribution < -0.4 is 11.1 Å². The van der Waals surface area contributed by atoms with E-state index in [4.69, 9.17) is 5.73 Å². The maximum Gasteiger partial charge on any atom is 0.242 e. The number of halogens is 3. The summed E-state index contributed by atoms with van der Waals surface area (Å²) >= 11 is 0. The SMILES string of the molecule is Cc1cnc(N[C@@H]2CC[C@@H](N)C2)nn1.Cl.Cl.Cl. The Morgan fingerprint density at radius 3 is 2.41 bits per heavy atom. The quantitative estimate of drug-likeness (QED) is 0.870. The van der Waals surface area contributed by atoms with Crippen molar-refractivity contribution in [1.29, 1.82) is 0 Å². The lowest BCUT2D eigenvalue weighted by Gasteiger charge is -2.10. The molecule has 1 aliphatic rings. The standard InChI is InChI=1S/C9H15N5.3ClH/c1-6-5-11-9(14-13-6)12-8-3-2-7(10)4-8;;;/h5,7-8H,2-4,10H2,1H3,(H,11,12,14);3*1H/t7-,8-;;;/m1.../s1. The van der Waals surface area contributed by atoms with Crippen LogP contribution in [0.15, 0.2) is 6.20 Å². The largest absolute Gasteiger partial charge is 0.350 e. The molecule has 2 rings (SSSR count). The van der Waals surface area contributed by atoms with Crippen LogP contribution in [-0.4, -0.2) is 27.3 Å². The Bertz CT molecular complexity index is 308. The number of hydrogen-bond acceptors (Lipinski definition) is 5. The molecule has 100 valence electrons. The second-order valence-corrected chi connectivity index (χ2v) is 3.84. The lowest BCUT2D eigenvalue weighted by atomic mass is 10.2. The van der Waals surface area contributed by atoms with E-state index in [0.717, 1.165) is 25.0 Å². The molecule has 1 aliphatic carbocycles. The predicted octanol–water partition coefficient (Wildman–Crippen LogP) is 1.74. The molecule has 1 aromatic rings. The monoisotopic (exact) mass is 301 g/mol. The van der Waals surface area contributed by atoms with E-state index in [1.54, 1.807) is 6.20 Å². The van der Waals surface area contributed by atoms with Gasteiger partial charge in [-0.25, -0.2) is 4.98 Å². The van der Waals surface area contributed by atoms with Crippen molar-refractivity contribution in [2.75, 3.05) is 5.32 Å². The van der Waals surface area contributed by atoms with E-state index in [-0.39, 0.29) is 37.2 Å². The van der Waals surface area contributed by atoms with Crippen molar-refractivity contribution in [3.05, 3.63) is 11.9 Å². The molecule has 0 aliphatic heterocycles. The van der Waals surface area contributed by atoms with E-state index < -0.39 is 0 Å². The first-order valence-electron chi connectivity index (χ1n) is 4.92. The van der Waals surface area contributed by atoms with Crippen LogP contribution in [0.5, 0.6) is 0 Å². The molecule has 1 fully saturated rings. The summed E-state index contributed by atoms with van der Waals surface area (Å²) in [6.45, 7) is 1.87. The highest BCUT2D eigenvalue weighted by atomic mass is 35.5. The first-order chi connectivity index (χ1) is 6.74. The van der Waals surface area contributed by atoms with Gasteiger partial charge in [0.15, 0.2) is 0 Å². The first kappa shape index (κ1) is 19.0. The fraction of sp³-hybridized carbons (Fsp3) is 0.667. The molecule has 0 unspecified atom stereocenters. The lowest BCUT2D eigenvalue weighted by molar-refractivity contribution is 0.683. The van der Waals surface area contributed by atoms with Gasteiger partial charge >= 0.3 is 0 Å². The van der Waals surface area contributed by atoms with Gasteiger partial charge in [-0.1, -0.05) is 0 Å². The van der Waals surface area contributed by atoms with Crippen molar-refractivity contribution in [1.82, 2.24) is 15.2 Å². The van der Waals surface area contributed by atoms with Crippen molar-refractivity contribution in [3.63, 3.8) is 0 Å². The highest BCUT2D eigenvalue weighted by Crippen LogP contribution is 2.19. The first-order valence-corrected chi connectivity index (χ1v) is 4.92. The summed E-state index contributed by atoms with van der Waals surface area (Å²) in [5, 5.41) is 11.1. The summed E-state index contributed by atoms with van der Waals surface area (Å²) < 4.78 is 0. The summed E-state index contributed by atoms with van der Waals surface area (Å²) in [4.78, 5) is 4.14. The van der Waals surface area contributed by atoms with Gasteiger partial charge in [0.05, 0.1) is 11.9 Å². The summed E-state index contributed by atoms with van der Waals surface area (Å²) in [7, 11) is 0. The van der Waals surface area contributed by atoms with Gasteiger partial charge in [0.1, 0.15) is 0 Å². The highest BCUT2D eigenvalue weighted by Gasteiger charge is 2.21. The zero-order chi connectivity index (χ0) is 9.97. The van der Waals surface area contributed by atoms with Gasteiger partial charge in [-0.2, -0.15) is 5.10 Å². The molecule has 0 radical (unpaired) electrons. The zero-order valence-corrected chi connectivity index (χ0v) is 11.9. The summed E-state index contributed by atoms with van der Waals surface area (Å²) in [6, 6.07) is 0.736. The van der Waals surface area contributed by atoms with E-state index in [9.17, 15) is 0 Å². The molecule has 2 atom stereocenters. The molecule has 17 heavy (non-hydrogen) atoms. The van der Waals surface area contributed by atoms with Gasteiger partial charge in [0, 0.05) is 12.1 Å². The Morgan fingerprint density at radius 1 is 1.24 bits per heavy atom. The van der Waals surface area contributed by atoms with Gasteiger partial charge < -0.3 is 11.1 Å². The minimum Gasteiger partial charge on any atom is -0.350 e. The fourth-order valence-corrected chi connectivity index (χ4v) is 1.73. The number of aromatic nitrogens is 3. The summed E-state index contributed by atoms with van der Waals surface area (Å²) in [5.74, 6) is 0.606. The second-order valence-electron chi connectivity index (χ2n) is 3.84. The maximum atomic E-state index is 5.81. The molecule has 0 amide bonds. The molecule has 5 nitrogen and oxygen atoms in total. The molecular weight excluding hydrogens is 284 g/mol. The molecule has 8 heteroatoms. The van der Waals surface area contributed by atoms with Crippen molar-refractivity contribution >= 4 is 43.2 Å². The molecular formula is C9H18Cl3N5. The van der Waals surface area contributed by atoms with Gasteiger partial charge in [-0.3, -0.25) is 0 Å². The normalized spacial score (nSPS) is 21.8. The van der Waals surface area contributed by atoms with E-state index >= 15 is 0 Å². The Kier molecular flexibility index (Phi) is 9.71. The van der Waals surface area contributed by atoms with Gasteiger partial charge in [-0.05, 0) is 26.2 Å². The number of hydrogen-bond donors (Lipinski definition) is 2. The molecule has 1 saturated carbocycles. The van der Waals surface area contributed by atoms with Crippen LogP contribution in [0, 0.1) is 6.92 Å². The number of aryl methyl sites for hydroxylation is 1. The molecule has 0 saturated heterocycles. The van der Waals surface area contributed by atoms with Crippen LogP contribution in [0.1, 0.15) is 25.0 Å². The van der Waals surface area contributed by atoms with Crippen molar-refractivity contribution in [2.24, 2.45) is 5.73 Å². The minimum absolute atomic E-state index is 0. The third-order valence-electron chi connectivity index (χ3n) is 2.48. The average molecular weight is 303 g/mol. The van der Waals surface area contributed by atoms with Gasteiger partial charge in [-0.15, -0.1) is 42.3 Å². The van der Waals surface area contributed by atoms with E-state index in [2.05, 4.69) is 20.5 Å². The minimum atomic E-state index is 0.